The first-order valence-corrected chi connectivity index (χ1v) is 28.3. The van der Waals surface area contributed by atoms with E-state index in [9.17, 15) is 0 Å². The van der Waals surface area contributed by atoms with E-state index in [-0.39, 0.29) is 3.63 Å². The van der Waals surface area contributed by atoms with Crippen LogP contribution in [0.3, 0.4) is 0 Å². The van der Waals surface area contributed by atoms with Gasteiger partial charge in [-0.15, -0.1) is 0 Å². The SMILES string of the molecule is CCC1=Cc2c(C)cccc2[CH]1[Zr]([CH3])([CH3])(=[SiH2])([Cl])([Cl])[C]1=CC=CC1. The molecule has 3 rings (SSSR count). The molecular weight excluding hydrogens is 418 g/mol. The molecule has 0 fully saturated rings. The fourth-order valence-corrected chi connectivity index (χ4v) is 26.9. The Morgan fingerprint density at radius 2 is 1.96 bits per heavy atom. The number of halogens is 2. The summed E-state index contributed by atoms with van der Waals surface area (Å²) in [7, 11) is 15.6. The summed E-state index contributed by atoms with van der Waals surface area (Å²) in [5, 5.41) is 0. The molecule has 0 nitrogen and oxygen atoms in total. The molecule has 0 bridgehead atoms. The van der Waals surface area contributed by atoms with Crippen molar-refractivity contribution in [1.29, 1.82) is 0 Å². The normalized spacial score (nSPS) is 25.0. The first-order chi connectivity index (χ1) is 10.3. The molecule has 0 aliphatic heterocycles. The van der Waals surface area contributed by atoms with Gasteiger partial charge in [0.25, 0.3) is 0 Å². The second-order valence-electron chi connectivity index (χ2n) is 9.22. The van der Waals surface area contributed by atoms with Gasteiger partial charge in [-0.3, -0.25) is 0 Å². The molecule has 0 heterocycles. The van der Waals surface area contributed by atoms with Crippen molar-refractivity contribution in [2.24, 2.45) is 0 Å². The minimum absolute atomic E-state index is 0.111. The number of fused-ring (bicyclic) bond motifs is 1. The maximum absolute atomic E-state index is 7.79. The Bertz CT molecular complexity index is 920. The third kappa shape index (κ3) is 2.56. The Hall–Kier alpha value is 0.120. The van der Waals surface area contributed by atoms with Crippen molar-refractivity contribution in [1.82, 2.24) is 0 Å². The van der Waals surface area contributed by atoms with Gasteiger partial charge >= 0.3 is 144 Å². The van der Waals surface area contributed by atoms with Crippen molar-refractivity contribution in [2.45, 2.75) is 39.6 Å². The fraction of sp³-hybridized carbons (Fsp3) is 0.368. The van der Waals surface area contributed by atoms with Crippen molar-refractivity contribution in [3.05, 3.63) is 62.0 Å². The van der Waals surface area contributed by atoms with Gasteiger partial charge in [-0.25, -0.2) is 0 Å². The van der Waals surface area contributed by atoms with Crippen LogP contribution in [0.15, 0.2) is 45.3 Å². The van der Waals surface area contributed by atoms with Crippen LogP contribution in [0.1, 0.15) is 40.1 Å². The van der Waals surface area contributed by atoms with Gasteiger partial charge in [0.2, 0.25) is 0 Å². The average molecular weight is 445 g/mol. The summed E-state index contributed by atoms with van der Waals surface area (Å²) in [5.41, 5.74) is 5.34. The van der Waals surface area contributed by atoms with E-state index in [4.69, 9.17) is 17.0 Å². The molecule has 0 saturated carbocycles. The van der Waals surface area contributed by atoms with Crippen LogP contribution in [0.2, 0.25) is 9.26 Å². The Labute approximate surface area is 142 Å². The molecule has 0 N–H and O–H groups in total. The van der Waals surface area contributed by atoms with E-state index in [0.717, 1.165) is 12.8 Å². The predicted molar refractivity (Wildman–Crippen MR) is 106 cm³/mol. The van der Waals surface area contributed by atoms with Crippen molar-refractivity contribution in [3.8, 4) is 0 Å². The standard InChI is InChI=1S/C12H13.C5H5.2CH3.2ClH.H2Si.Zr/c1-3-10-7-11-6-4-5-9(2)12(11)8-10;1-2-4-5-3-1;;;;;;/h4-8H,3H2,1-2H3;1-3H,4H2;2*1H3;2*1H;1H2;/q;;;;;;;+2/p-2. The quantitative estimate of drug-likeness (QED) is 0.473. The van der Waals surface area contributed by atoms with Crippen molar-refractivity contribution in [2.75, 3.05) is 0 Å². The number of rotatable bonds is 3. The van der Waals surface area contributed by atoms with Crippen molar-refractivity contribution < 1.29 is 12.0 Å². The van der Waals surface area contributed by atoms with Crippen LogP contribution < -0.4 is 0 Å². The van der Waals surface area contributed by atoms with Crippen molar-refractivity contribution in [3.63, 3.8) is 0 Å². The summed E-state index contributed by atoms with van der Waals surface area (Å²) >= 11 is -5.20. The maximum atomic E-state index is 7.79. The van der Waals surface area contributed by atoms with E-state index in [2.05, 4.69) is 65.6 Å². The number of aryl methyl sites for hydroxylation is 1. The topological polar surface area (TPSA) is 0 Å². The van der Waals surface area contributed by atoms with Gasteiger partial charge in [0.05, 0.1) is 0 Å². The predicted octanol–water partition coefficient (Wildman–Crippen LogP) is 6.40. The summed E-state index contributed by atoms with van der Waals surface area (Å²) in [6.45, 7) is 6.31. The minimum atomic E-state index is -5.20. The zero-order chi connectivity index (χ0) is 17.2. The summed E-state index contributed by atoms with van der Waals surface area (Å²) < 4.78 is 5.79. The average Bonchev–Trinajstić information content (AvgIpc) is 3.06. The van der Waals surface area contributed by atoms with Crippen LogP contribution in [0.25, 0.3) is 6.08 Å². The van der Waals surface area contributed by atoms with Crippen LogP contribution in [0, 0.1) is 6.92 Å². The van der Waals surface area contributed by atoms with Gasteiger partial charge in [0.15, 0.2) is 0 Å². The zero-order valence-electron chi connectivity index (χ0n) is 14.5. The van der Waals surface area contributed by atoms with Gasteiger partial charge in [-0.05, 0) is 0 Å². The summed E-state index contributed by atoms with van der Waals surface area (Å²) in [5.74, 6) is 0. The molecule has 1 atom stereocenters. The van der Waals surface area contributed by atoms with Crippen LogP contribution in [-0.2, 0) is 12.0 Å². The molecule has 0 aromatic heterocycles. The van der Waals surface area contributed by atoms with E-state index < -0.39 is 12.0 Å². The zero-order valence-corrected chi connectivity index (χ0v) is 19.9. The number of benzene rings is 1. The molecule has 4 heteroatoms. The second kappa shape index (κ2) is 4.26. The molecule has 0 amide bonds. The summed E-state index contributed by atoms with van der Waals surface area (Å²) in [6.07, 6.45) is 10.7. The van der Waals surface area contributed by atoms with E-state index in [1.54, 1.807) is 0 Å². The molecule has 0 radical (unpaired) electrons. The fourth-order valence-electron chi connectivity index (χ4n) is 4.66. The van der Waals surface area contributed by atoms with Gasteiger partial charge in [-0.2, -0.15) is 0 Å². The van der Waals surface area contributed by atoms with Crippen LogP contribution >= 0.6 is 17.0 Å². The number of hydrogen-bond donors (Lipinski definition) is 0. The van der Waals surface area contributed by atoms with Crippen molar-refractivity contribution >= 4 is 30.0 Å². The van der Waals surface area contributed by atoms with Gasteiger partial charge < -0.3 is 0 Å². The molecular formula is C19H26Cl2SiZr. The monoisotopic (exact) mass is 442 g/mol. The van der Waals surface area contributed by atoms with E-state index in [1.807, 2.05) is 6.88 Å². The van der Waals surface area contributed by atoms with Gasteiger partial charge in [0.1, 0.15) is 0 Å². The van der Waals surface area contributed by atoms with Crippen LogP contribution in [-0.4, -0.2) is 6.88 Å². The van der Waals surface area contributed by atoms with Crippen LogP contribution in [0.4, 0.5) is 0 Å². The van der Waals surface area contributed by atoms with Crippen LogP contribution in [0.5, 0.6) is 0 Å². The Kier molecular flexibility index (Phi) is 3.32. The first-order valence-electron chi connectivity index (χ1n) is 8.45. The molecule has 1 aromatic rings. The third-order valence-corrected chi connectivity index (χ3v) is 31.1. The molecule has 124 valence electrons. The molecule has 1 unspecified atom stereocenters. The first kappa shape index (κ1) is 17.9. The molecule has 0 saturated heterocycles. The Morgan fingerprint density at radius 3 is 2.52 bits per heavy atom. The van der Waals surface area contributed by atoms with E-state index >= 15 is 0 Å². The van der Waals surface area contributed by atoms with E-state index in [0.29, 0.717) is 0 Å². The number of allylic oxidation sites excluding steroid dienone is 5. The Balaban J connectivity index is 2.41. The van der Waals surface area contributed by atoms with Gasteiger partial charge in [-0.1, -0.05) is 0 Å². The second-order valence-corrected chi connectivity index (χ2v) is 76.1. The molecule has 2 aliphatic rings. The third-order valence-electron chi connectivity index (χ3n) is 5.99. The summed E-state index contributed by atoms with van der Waals surface area (Å²) in [4.78, 5) is 0. The summed E-state index contributed by atoms with van der Waals surface area (Å²) in [6, 6.07) is 6.54. The Morgan fingerprint density at radius 1 is 1.26 bits per heavy atom. The molecule has 2 aliphatic carbocycles. The molecule has 23 heavy (non-hydrogen) atoms. The molecule has 1 aromatic carbocycles. The molecule has 0 spiro atoms. The van der Waals surface area contributed by atoms with Gasteiger partial charge in [0, 0.05) is 0 Å². The number of hydrogen-bond acceptors (Lipinski definition) is 0. The van der Waals surface area contributed by atoms with E-state index in [1.165, 1.54) is 25.5 Å².